The van der Waals surface area contributed by atoms with Gasteiger partial charge >= 0.3 is 0 Å². The summed E-state index contributed by atoms with van der Waals surface area (Å²) in [5.74, 6) is -2.78. The molecule has 2 amide bonds. The Balaban J connectivity index is 1.42. The number of fused-ring (bicyclic) bond motifs is 1. The molecule has 0 saturated carbocycles. The molecule has 0 bridgehead atoms. The summed E-state index contributed by atoms with van der Waals surface area (Å²) in [4.78, 5) is 40.6. The monoisotopic (exact) mass is 535 g/mol. The zero-order chi connectivity index (χ0) is 27.7. The third kappa shape index (κ3) is 5.23. The van der Waals surface area contributed by atoms with Crippen molar-refractivity contribution in [2.45, 2.75) is 6.92 Å². The lowest BCUT2D eigenvalue weighted by Crippen LogP contribution is -2.47. The van der Waals surface area contributed by atoms with E-state index in [1.165, 1.54) is 13.1 Å². The number of hydrogen-bond acceptors (Lipinski definition) is 7. The third-order valence-corrected chi connectivity index (χ3v) is 6.56. The maximum atomic E-state index is 15.2. The molecule has 202 valence electrons. The Hall–Kier alpha value is -4.58. The zero-order valence-electron chi connectivity index (χ0n) is 21.6. The molecule has 0 radical (unpaired) electrons. The predicted octanol–water partition coefficient (Wildman–Crippen LogP) is 3.83. The van der Waals surface area contributed by atoms with Gasteiger partial charge in [-0.25, -0.2) is 18.7 Å². The molecular weight excluding hydrogens is 508 g/mol. The minimum atomic E-state index is -0.799. The number of carbonyl (C=O) groups excluding carboxylic acids is 2. The average molecular weight is 536 g/mol. The highest BCUT2D eigenvalue weighted by Crippen LogP contribution is 2.34. The zero-order valence-corrected chi connectivity index (χ0v) is 21.6. The van der Waals surface area contributed by atoms with Crippen LogP contribution in [0.2, 0.25) is 0 Å². The van der Waals surface area contributed by atoms with Gasteiger partial charge in [-0.1, -0.05) is 0 Å². The number of nitrogens with one attached hydrogen (secondary N) is 3. The van der Waals surface area contributed by atoms with Crippen molar-refractivity contribution in [1.82, 2.24) is 30.1 Å². The fourth-order valence-electron chi connectivity index (χ4n) is 4.41. The van der Waals surface area contributed by atoms with Crippen molar-refractivity contribution < 1.29 is 23.1 Å². The molecule has 0 atom stereocenters. The highest BCUT2D eigenvalue weighted by atomic mass is 19.1. The molecule has 5 rings (SSSR count). The van der Waals surface area contributed by atoms with Crippen LogP contribution in [0.1, 0.15) is 26.4 Å². The number of amides is 2. The van der Waals surface area contributed by atoms with Gasteiger partial charge in [0.1, 0.15) is 11.9 Å². The molecule has 2 aromatic heterocycles. The molecule has 4 aromatic rings. The van der Waals surface area contributed by atoms with E-state index in [2.05, 4.69) is 30.5 Å². The molecule has 3 N–H and O–H groups in total. The minimum Gasteiger partial charge on any atom is -0.435 e. The van der Waals surface area contributed by atoms with E-state index in [0.29, 0.717) is 30.0 Å². The molecule has 1 aliphatic rings. The minimum absolute atomic E-state index is 0.0163. The molecule has 10 nitrogen and oxygen atoms in total. The molecule has 2 aromatic carbocycles. The standard InChI is InChI=1S/C27H27F2N7O3/c1-15-12-18-22(29)20(13-19(28)23(18)33-15)39-26-21(25(37)30-2)24(31-14-32-26)34-17-6-4-16(5-7-17)27(38)36-10-8-35(3)9-11-36/h4-7,12-14,33H,8-11H2,1-3H3,(H,30,37)(H,31,32,34). The normalized spacial score (nSPS) is 13.9. The number of aromatic amines is 1. The number of piperazine rings is 1. The van der Waals surface area contributed by atoms with E-state index < -0.39 is 23.3 Å². The number of rotatable bonds is 6. The van der Waals surface area contributed by atoms with Crippen molar-refractivity contribution in [1.29, 1.82) is 0 Å². The molecule has 12 heteroatoms. The average Bonchev–Trinajstić information content (AvgIpc) is 3.34. The Bertz CT molecular complexity index is 1550. The van der Waals surface area contributed by atoms with Crippen molar-refractivity contribution in [3.05, 3.63) is 71.2 Å². The summed E-state index contributed by atoms with van der Waals surface area (Å²) in [5.41, 5.74) is 1.57. The van der Waals surface area contributed by atoms with Crippen molar-refractivity contribution in [2.24, 2.45) is 0 Å². The van der Waals surface area contributed by atoms with E-state index in [0.717, 1.165) is 25.5 Å². The lowest BCUT2D eigenvalue weighted by atomic mass is 10.1. The van der Waals surface area contributed by atoms with Gasteiger partial charge in [-0.15, -0.1) is 0 Å². The van der Waals surface area contributed by atoms with Gasteiger partial charge in [0.2, 0.25) is 5.88 Å². The molecular formula is C27H27F2N7O3. The van der Waals surface area contributed by atoms with Gasteiger partial charge in [-0.2, -0.15) is 0 Å². The molecule has 0 unspecified atom stereocenters. The number of halogens is 2. The number of likely N-dealkylation sites (N-methyl/N-ethyl adjacent to an activating group) is 1. The van der Waals surface area contributed by atoms with E-state index in [4.69, 9.17) is 4.74 Å². The molecule has 0 spiro atoms. The maximum absolute atomic E-state index is 15.2. The van der Waals surface area contributed by atoms with Crippen LogP contribution in [0.5, 0.6) is 11.6 Å². The van der Waals surface area contributed by atoms with Crippen molar-refractivity contribution in [3.63, 3.8) is 0 Å². The fourth-order valence-corrected chi connectivity index (χ4v) is 4.41. The van der Waals surface area contributed by atoms with E-state index in [-0.39, 0.29) is 34.1 Å². The van der Waals surface area contributed by atoms with Crippen LogP contribution in [0.15, 0.2) is 42.7 Å². The van der Waals surface area contributed by atoms with Crippen LogP contribution >= 0.6 is 0 Å². The van der Waals surface area contributed by atoms with Crippen LogP contribution in [-0.2, 0) is 0 Å². The van der Waals surface area contributed by atoms with Gasteiger partial charge < -0.3 is 30.2 Å². The van der Waals surface area contributed by atoms with Crippen LogP contribution in [0.3, 0.4) is 0 Å². The third-order valence-electron chi connectivity index (χ3n) is 6.56. The summed E-state index contributed by atoms with van der Waals surface area (Å²) >= 11 is 0. The van der Waals surface area contributed by atoms with Gasteiger partial charge in [0.15, 0.2) is 23.2 Å². The number of carbonyl (C=O) groups is 2. The Morgan fingerprint density at radius 2 is 1.77 bits per heavy atom. The molecule has 1 aliphatic heterocycles. The largest absolute Gasteiger partial charge is 0.435 e. The molecule has 3 heterocycles. The van der Waals surface area contributed by atoms with E-state index in [1.807, 2.05) is 11.9 Å². The first-order valence-corrected chi connectivity index (χ1v) is 12.3. The first kappa shape index (κ1) is 26.0. The second kappa shape index (κ2) is 10.7. The van der Waals surface area contributed by atoms with Crippen LogP contribution in [0, 0.1) is 18.6 Å². The molecule has 39 heavy (non-hydrogen) atoms. The summed E-state index contributed by atoms with van der Waals surface area (Å²) in [7, 11) is 3.44. The summed E-state index contributed by atoms with van der Waals surface area (Å²) in [6.07, 6.45) is 1.14. The Kier molecular flexibility index (Phi) is 7.11. The summed E-state index contributed by atoms with van der Waals surface area (Å²) < 4.78 is 35.4. The van der Waals surface area contributed by atoms with E-state index >= 15 is 4.39 Å². The number of anilines is 2. The van der Waals surface area contributed by atoms with Gasteiger partial charge in [-0.05, 0) is 44.3 Å². The summed E-state index contributed by atoms with van der Waals surface area (Å²) in [5, 5.41) is 5.54. The Morgan fingerprint density at radius 1 is 1.05 bits per heavy atom. The second-order valence-electron chi connectivity index (χ2n) is 9.29. The maximum Gasteiger partial charge on any atom is 0.260 e. The lowest BCUT2D eigenvalue weighted by molar-refractivity contribution is 0.0664. The second-order valence-corrected chi connectivity index (χ2v) is 9.29. The fraction of sp³-hybridized carbons (Fsp3) is 0.259. The van der Waals surface area contributed by atoms with Crippen molar-refractivity contribution in [3.8, 4) is 11.6 Å². The van der Waals surface area contributed by atoms with E-state index in [1.54, 1.807) is 31.2 Å². The highest BCUT2D eigenvalue weighted by Gasteiger charge is 2.24. The van der Waals surface area contributed by atoms with E-state index in [9.17, 15) is 14.0 Å². The van der Waals surface area contributed by atoms with Crippen LogP contribution < -0.4 is 15.4 Å². The summed E-state index contributed by atoms with van der Waals surface area (Å²) in [6.45, 7) is 4.65. The van der Waals surface area contributed by atoms with Gasteiger partial charge in [0.05, 0.1) is 5.52 Å². The van der Waals surface area contributed by atoms with Crippen molar-refractivity contribution in [2.75, 3.05) is 45.6 Å². The van der Waals surface area contributed by atoms with Crippen molar-refractivity contribution >= 4 is 34.2 Å². The lowest BCUT2D eigenvalue weighted by Gasteiger charge is -2.32. The molecule has 1 saturated heterocycles. The topological polar surface area (TPSA) is 115 Å². The van der Waals surface area contributed by atoms with Crippen LogP contribution in [0.4, 0.5) is 20.3 Å². The highest BCUT2D eigenvalue weighted by molar-refractivity contribution is 6.01. The number of ether oxygens (including phenoxy) is 1. The number of hydrogen-bond donors (Lipinski definition) is 3. The first-order chi connectivity index (χ1) is 18.7. The Labute approximate surface area is 223 Å². The van der Waals surface area contributed by atoms with Gasteiger partial charge in [0.25, 0.3) is 11.8 Å². The SMILES string of the molecule is CNC(=O)c1c(Nc2ccc(C(=O)N3CCN(C)CC3)cc2)ncnc1Oc1cc(F)c2[nH]c(C)cc2c1F. The van der Waals surface area contributed by atoms with Gasteiger partial charge in [0, 0.05) is 61.6 Å². The summed E-state index contributed by atoms with van der Waals surface area (Å²) in [6, 6.07) is 9.12. The number of benzene rings is 2. The van der Waals surface area contributed by atoms with Crippen LogP contribution in [0.25, 0.3) is 10.9 Å². The quantitative estimate of drug-likeness (QED) is 0.344. The predicted molar refractivity (Wildman–Crippen MR) is 142 cm³/mol. The Morgan fingerprint density at radius 3 is 2.46 bits per heavy atom. The number of aryl methyl sites for hydroxylation is 1. The molecule has 1 fully saturated rings. The van der Waals surface area contributed by atoms with Crippen LogP contribution in [-0.4, -0.2) is 76.8 Å². The van der Waals surface area contributed by atoms with Gasteiger partial charge in [-0.3, -0.25) is 9.59 Å². The number of nitrogens with zero attached hydrogens (tertiary/aromatic N) is 4. The first-order valence-electron chi connectivity index (χ1n) is 12.3. The smallest absolute Gasteiger partial charge is 0.260 e. The molecule has 0 aliphatic carbocycles. The number of aromatic nitrogens is 3. The number of H-pyrrole nitrogens is 1.